The van der Waals surface area contributed by atoms with Gasteiger partial charge in [-0.1, -0.05) is 6.92 Å². The second kappa shape index (κ2) is 6.06. The van der Waals surface area contributed by atoms with Crippen molar-refractivity contribution >= 4 is 5.95 Å². The summed E-state index contributed by atoms with van der Waals surface area (Å²) >= 11 is 0. The number of nitrogens with one attached hydrogen (secondary N) is 1. The summed E-state index contributed by atoms with van der Waals surface area (Å²) in [6, 6.07) is 2.05. The molecule has 106 valence electrons. The zero-order chi connectivity index (χ0) is 13.8. The number of methoxy groups -OCH3 is 2. The van der Waals surface area contributed by atoms with Crippen molar-refractivity contribution in [3.05, 3.63) is 6.07 Å². The highest BCUT2D eigenvalue weighted by Gasteiger charge is 2.24. The number of hydrogen-bond acceptors (Lipinski definition) is 6. The first-order chi connectivity index (χ1) is 9.12. The highest BCUT2D eigenvalue weighted by Crippen LogP contribution is 2.22. The van der Waals surface area contributed by atoms with E-state index >= 15 is 0 Å². The first kappa shape index (κ1) is 13.9. The van der Waals surface area contributed by atoms with Crippen LogP contribution in [0.2, 0.25) is 0 Å². The molecule has 0 aliphatic carbocycles. The van der Waals surface area contributed by atoms with E-state index in [2.05, 4.69) is 34.2 Å². The summed E-state index contributed by atoms with van der Waals surface area (Å²) in [7, 11) is 5.32. The molecule has 6 heteroatoms. The number of anilines is 1. The lowest BCUT2D eigenvalue weighted by Gasteiger charge is -2.35. The van der Waals surface area contributed by atoms with Crippen LogP contribution in [0, 0.1) is 5.92 Å². The number of nitrogens with zero attached hydrogens (tertiary/aromatic N) is 3. The van der Waals surface area contributed by atoms with Crippen LogP contribution in [0.25, 0.3) is 0 Å². The van der Waals surface area contributed by atoms with E-state index in [0.717, 1.165) is 19.5 Å². The average Bonchev–Trinajstić information content (AvgIpc) is 2.41. The molecule has 1 N–H and O–H groups in total. The van der Waals surface area contributed by atoms with Gasteiger partial charge in [-0.3, -0.25) is 0 Å². The van der Waals surface area contributed by atoms with Crippen molar-refractivity contribution in [2.45, 2.75) is 19.4 Å². The molecule has 0 spiro atoms. The van der Waals surface area contributed by atoms with E-state index in [0.29, 0.717) is 29.7 Å². The summed E-state index contributed by atoms with van der Waals surface area (Å²) in [5, 5.41) is 3.39. The summed E-state index contributed by atoms with van der Waals surface area (Å²) in [5.41, 5.74) is 0. The van der Waals surface area contributed by atoms with Crippen molar-refractivity contribution in [3.63, 3.8) is 0 Å². The Hall–Kier alpha value is -1.56. The van der Waals surface area contributed by atoms with Gasteiger partial charge in [0.1, 0.15) is 0 Å². The van der Waals surface area contributed by atoms with Crippen LogP contribution >= 0.6 is 0 Å². The molecule has 0 bridgehead atoms. The second-order valence-electron chi connectivity index (χ2n) is 5.06. The average molecular weight is 266 g/mol. The third-order valence-corrected chi connectivity index (χ3v) is 3.52. The summed E-state index contributed by atoms with van der Waals surface area (Å²) in [5.74, 6) is 2.14. The van der Waals surface area contributed by atoms with Gasteiger partial charge >= 0.3 is 0 Å². The highest BCUT2D eigenvalue weighted by molar-refractivity contribution is 5.34. The zero-order valence-electron chi connectivity index (χ0n) is 12.0. The van der Waals surface area contributed by atoms with E-state index in [1.165, 1.54) is 0 Å². The standard InChI is InChI=1S/C13H22N4O2/c1-9-8-17(2)6-5-10(9)14-13-15-11(18-3)7-12(16-13)19-4/h7,9-10H,5-6,8H2,1-4H3,(H,14,15,16). The minimum Gasteiger partial charge on any atom is -0.481 e. The number of aromatic nitrogens is 2. The van der Waals surface area contributed by atoms with Crippen LogP contribution < -0.4 is 14.8 Å². The predicted molar refractivity (Wildman–Crippen MR) is 73.8 cm³/mol. The van der Waals surface area contributed by atoms with E-state index in [1.54, 1.807) is 20.3 Å². The lowest BCUT2D eigenvalue weighted by molar-refractivity contribution is 0.205. The number of rotatable bonds is 4. The molecule has 2 atom stereocenters. The Morgan fingerprint density at radius 3 is 2.42 bits per heavy atom. The van der Waals surface area contributed by atoms with Gasteiger partial charge in [-0.25, -0.2) is 0 Å². The fourth-order valence-corrected chi connectivity index (χ4v) is 2.41. The van der Waals surface area contributed by atoms with Gasteiger partial charge in [0, 0.05) is 12.6 Å². The van der Waals surface area contributed by atoms with E-state index in [9.17, 15) is 0 Å². The van der Waals surface area contributed by atoms with Gasteiger partial charge in [0.15, 0.2) is 0 Å². The van der Waals surface area contributed by atoms with Crippen LogP contribution in [-0.4, -0.2) is 55.3 Å². The number of ether oxygens (including phenoxy) is 2. The van der Waals surface area contributed by atoms with E-state index < -0.39 is 0 Å². The summed E-state index contributed by atoms with van der Waals surface area (Å²) in [4.78, 5) is 11.0. The molecule has 1 fully saturated rings. The highest BCUT2D eigenvalue weighted by atomic mass is 16.5. The van der Waals surface area contributed by atoms with Crippen molar-refractivity contribution in [1.82, 2.24) is 14.9 Å². The molecule has 0 radical (unpaired) electrons. The van der Waals surface area contributed by atoms with Crippen LogP contribution in [0.1, 0.15) is 13.3 Å². The molecular weight excluding hydrogens is 244 g/mol. The van der Waals surface area contributed by atoms with E-state index in [-0.39, 0.29) is 0 Å². The van der Waals surface area contributed by atoms with Gasteiger partial charge in [-0.2, -0.15) is 9.97 Å². The third kappa shape index (κ3) is 3.47. The topological polar surface area (TPSA) is 59.5 Å². The fraction of sp³-hybridized carbons (Fsp3) is 0.692. The minimum atomic E-state index is 0.382. The molecule has 2 unspecified atom stereocenters. The monoisotopic (exact) mass is 266 g/mol. The van der Waals surface area contributed by atoms with E-state index in [1.807, 2.05) is 0 Å². The minimum absolute atomic E-state index is 0.382. The maximum absolute atomic E-state index is 5.15. The smallest absolute Gasteiger partial charge is 0.229 e. The zero-order valence-corrected chi connectivity index (χ0v) is 12.0. The summed E-state index contributed by atoms with van der Waals surface area (Å²) < 4.78 is 10.3. The summed E-state index contributed by atoms with van der Waals surface area (Å²) in [6.07, 6.45) is 1.08. The van der Waals surface area contributed by atoms with Crippen LogP contribution in [0.5, 0.6) is 11.8 Å². The van der Waals surface area contributed by atoms with Crippen LogP contribution in [0.3, 0.4) is 0 Å². The molecule has 0 aromatic carbocycles. The van der Waals surface area contributed by atoms with Crippen molar-refractivity contribution in [1.29, 1.82) is 0 Å². The molecule has 6 nitrogen and oxygen atoms in total. The van der Waals surface area contributed by atoms with Crippen molar-refractivity contribution in [2.24, 2.45) is 5.92 Å². The maximum Gasteiger partial charge on any atom is 0.229 e. The molecule has 19 heavy (non-hydrogen) atoms. The van der Waals surface area contributed by atoms with Gasteiger partial charge in [0.25, 0.3) is 0 Å². The van der Waals surface area contributed by atoms with Crippen molar-refractivity contribution < 1.29 is 9.47 Å². The number of hydrogen-bond donors (Lipinski definition) is 1. The van der Waals surface area contributed by atoms with Gasteiger partial charge in [0.05, 0.1) is 20.3 Å². The second-order valence-corrected chi connectivity index (χ2v) is 5.06. The Morgan fingerprint density at radius 2 is 1.89 bits per heavy atom. The molecule has 1 aromatic rings. The van der Waals surface area contributed by atoms with Gasteiger partial charge < -0.3 is 19.7 Å². The first-order valence-corrected chi connectivity index (χ1v) is 6.54. The molecule has 0 amide bonds. The SMILES string of the molecule is COc1cc(OC)nc(NC2CCN(C)CC2C)n1. The van der Waals surface area contributed by atoms with Crippen molar-refractivity contribution in [3.8, 4) is 11.8 Å². The maximum atomic E-state index is 5.15. The Kier molecular flexibility index (Phi) is 4.42. The van der Waals surface area contributed by atoms with Gasteiger partial charge in [0.2, 0.25) is 17.7 Å². The lowest BCUT2D eigenvalue weighted by atomic mass is 9.94. The van der Waals surface area contributed by atoms with E-state index in [4.69, 9.17) is 9.47 Å². The normalized spacial score (nSPS) is 24.0. The molecule has 2 rings (SSSR count). The van der Waals surface area contributed by atoms with Gasteiger partial charge in [-0.05, 0) is 25.9 Å². The molecule has 2 heterocycles. The Bertz CT molecular complexity index is 405. The lowest BCUT2D eigenvalue weighted by Crippen LogP contribution is -2.43. The largest absolute Gasteiger partial charge is 0.481 e. The third-order valence-electron chi connectivity index (χ3n) is 3.52. The van der Waals surface area contributed by atoms with Gasteiger partial charge in [-0.15, -0.1) is 0 Å². The first-order valence-electron chi connectivity index (χ1n) is 6.54. The van der Waals surface area contributed by atoms with Crippen LogP contribution in [0.4, 0.5) is 5.95 Å². The molecule has 1 aromatic heterocycles. The molecule has 1 saturated heterocycles. The quantitative estimate of drug-likeness (QED) is 0.885. The molecular formula is C13H22N4O2. The summed E-state index contributed by atoms with van der Waals surface area (Å²) in [6.45, 7) is 4.41. The number of piperidine rings is 1. The van der Waals surface area contributed by atoms with Crippen LogP contribution in [0.15, 0.2) is 6.07 Å². The number of likely N-dealkylation sites (tertiary alicyclic amines) is 1. The van der Waals surface area contributed by atoms with Crippen molar-refractivity contribution in [2.75, 3.05) is 39.7 Å². The fourth-order valence-electron chi connectivity index (χ4n) is 2.41. The molecule has 1 aliphatic rings. The predicted octanol–water partition coefficient (Wildman–Crippen LogP) is 1.25. The Labute approximate surface area is 114 Å². The molecule has 1 aliphatic heterocycles. The Balaban J connectivity index is 2.09. The molecule has 0 saturated carbocycles. The van der Waals surface area contributed by atoms with Crippen LogP contribution in [-0.2, 0) is 0 Å². The Morgan fingerprint density at radius 1 is 1.26 bits per heavy atom.